The molecule has 3 nitrogen and oxygen atoms in total. The Morgan fingerprint density at radius 1 is 1.09 bits per heavy atom. The van der Waals surface area contributed by atoms with Crippen LogP contribution in [0.5, 0.6) is 0 Å². The molecular weight excluding hydrogens is 142 g/mol. The van der Waals surface area contributed by atoms with Gasteiger partial charge in [0, 0.05) is 19.0 Å². The molecule has 3 heteroatoms. The highest BCUT2D eigenvalue weighted by Crippen LogP contribution is 2.39. The highest BCUT2D eigenvalue weighted by atomic mass is 16.3. The van der Waals surface area contributed by atoms with Gasteiger partial charge < -0.3 is 15.5 Å². The first-order valence-electron chi connectivity index (χ1n) is 4.36. The van der Waals surface area contributed by atoms with Crippen LogP contribution < -0.4 is 5.32 Å². The Balaban J connectivity index is 1.95. The van der Waals surface area contributed by atoms with Crippen molar-refractivity contribution >= 4 is 0 Å². The fourth-order valence-electron chi connectivity index (χ4n) is 1.89. The van der Waals surface area contributed by atoms with E-state index in [2.05, 4.69) is 5.32 Å². The van der Waals surface area contributed by atoms with Crippen LogP contribution in [0.1, 0.15) is 12.8 Å². The summed E-state index contributed by atoms with van der Waals surface area (Å²) in [6.07, 6.45) is 1.43. The molecule has 0 aromatic heterocycles. The minimum absolute atomic E-state index is 0.304. The summed E-state index contributed by atoms with van der Waals surface area (Å²) in [4.78, 5) is 0. The van der Waals surface area contributed by atoms with Crippen molar-refractivity contribution in [2.24, 2.45) is 11.8 Å². The van der Waals surface area contributed by atoms with Crippen molar-refractivity contribution in [3.05, 3.63) is 0 Å². The van der Waals surface area contributed by atoms with Gasteiger partial charge in [-0.3, -0.25) is 0 Å². The molecule has 2 fully saturated rings. The van der Waals surface area contributed by atoms with E-state index < -0.39 is 12.2 Å². The van der Waals surface area contributed by atoms with Crippen molar-refractivity contribution in [3.63, 3.8) is 0 Å². The lowest BCUT2D eigenvalue weighted by molar-refractivity contribution is -0.0410. The van der Waals surface area contributed by atoms with Crippen molar-refractivity contribution in [1.82, 2.24) is 5.32 Å². The molecule has 0 aromatic carbocycles. The third-order valence-corrected chi connectivity index (χ3v) is 2.79. The SMILES string of the molecule is O[C@H]1[C@H](O)CNC[C@@H]1C1CC1. The topological polar surface area (TPSA) is 52.5 Å². The lowest BCUT2D eigenvalue weighted by Crippen LogP contribution is -2.51. The first-order chi connectivity index (χ1) is 5.29. The third-order valence-electron chi connectivity index (χ3n) is 2.79. The van der Waals surface area contributed by atoms with E-state index in [1.165, 1.54) is 12.8 Å². The van der Waals surface area contributed by atoms with Crippen LogP contribution in [0.3, 0.4) is 0 Å². The van der Waals surface area contributed by atoms with Crippen molar-refractivity contribution in [3.8, 4) is 0 Å². The van der Waals surface area contributed by atoms with Gasteiger partial charge in [-0.2, -0.15) is 0 Å². The summed E-state index contributed by atoms with van der Waals surface area (Å²) >= 11 is 0. The second-order valence-electron chi connectivity index (χ2n) is 3.72. The third kappa shape index (κ3) is 1.41. The van der Waals surface area contributed by atoms with E-state index in [0.29, 0.717) is 18.4 Å². The molecule has 3 N–H and O–H groups in total. The molecule has 64 valence electrons. The van der Waals surface area contributed by atoms with Gasteiger partial charge in [-0.1, -0.05) is 0 Å². The second kappa shape index (κ2) is 2.73. The number of aliphatic hydroxyl groups is 2. The smallest absolute Gasteiger partial charge is 0.0926 e. The van der Waals surface area contributed by atoms with Gasteiger partial charge in [0.2, 0.25) is 0 Å². The molecule has 1 heterocycles. The van der Waals surface area contributed by atoms with Gasteiger partial charge in [-0.15, -0.1) is 0 Å². The Bertz CT molecular complexity index is 147. The molecule has 1 aliphatic carbocycles. The van der Waals surface area contributed by atoms with Crippen molar-refractivity contribution in [2.45, 2.75) is 25.0 Å². The van der Waals surface area contributed by atoms with Crippen LogP contribution >= 0.6 is 0 Å². The number of hydrogen-bond donors (Lipinski definition) is 3. The lowest BCUT2D eigenvalue weighted by Gasteiger charge is -2.32. The van der Waals surface area contributed by atoms with E-state index in [1.807, 2.05) is 0 Å². The molecule has 0 spiro atoms. The van der Waals surface area contributed by atoms with Crippen molar-refractivity contribution in [2.75, 3.05) is 13.1 Å². The molecule has 11 heavy (non-hydrogen) atoms. The Hall–Kier alpha value is -0.120. The predicted octanol–water partition coefficient (Wildman–Crippen LogP) is -0.662. The monoisotopic (exact) mass is 157 g/mol. The Labute approximate surface area is 66.4 Å². The molecule has 1 saturated carbocycles. The first-order valence-corrected chi connectivity index (χ1v) is 4.36. The van der Waals surface area contributed by atoms with E-state index in [9.17, 15) is 10.2 Å². The maximum Gasteiger partial charge on any atom is 0.0926 e. The zero-order chi connectivity index (χ0) is 7.84. The van der Waals surface area contributed by atoms with Gasteiger partial charge in [-0.05, 0) is 18.8 Å². The van der Waals surface area contributed by atoms with Gasteiger partial charge in [0.1, 0.15) is 0 Å². The summed E-state index contributed by atoms with van der Waals surface area (Å²) in [6.45, 7) is 1.42. The van der Waals surface area contributed by atoms with Crippen LogP contribution in [0, 0.1) is 11.8 Å². The number of hydrogen-bond acceptors (Lipinski definition) is 3. The number of aliphatic hydroxyl groups excluding tert-OH is 2. The quantitative estimate of drug-likeness (QED) is 0.473. The van der Waals surface area contributed by atoms with E-state index in [-0.39, 0.29) is 0 Å². The highest BCUT2D eigenvalue weighted by Gasteiger charge is 2.40. The maximum absolute atomic E-state index is 9.56. The van der Waals surface area contributed by atoms with E-state index in [4.69, 9.17) is 0 Å². The van der Waals surface area contributed by atoms with Crippen LogP contribution in [0.4, 0.5) is 0 Å². The molecule has 0 radical (unpaired) electrons. The predicted molar refractivity (Wildman–Crippen MR) is 41.1 cm³/mol. The van der Waals surface area contributed by atoms with Gasteiger partial charge in [-0.25, -0.2) is 0 Å². The molecular formula is C8H15NO2. The summed E-state index contributed by atoms with van der Waals surface area (Å²) < 4.78 is 0. The number of piperidine rings is 1. The van der Waals surface area contributed by atoms with E-state index in [0.717, 1.165) is 6.54 Å². The van der Waals surface area contributed by atoms with Gasteiger partial charge in [0.05, 0.1) is 12.2 Å². The zero-order valence-electron chi connectivity index (χ0n) is 6.53. The molecule has 1 aliphatic heterocycles. The minimum Gasteiger partial charge on any atom is -0.390 e. The molecule has 2 aliphatic rings. The average Bonchev–Trinajstić information content (AvgIpc) is 2.77. The fourth-order valence-corrected chi connectivity index (χ4v) is 1.89. The van der Waals surface area contributed by atoms with Crippen LogP contribution in [0.25, 0.3) is 0 Å². The Morgan fingerprint density at radius 2 is 1.82 bits per heavy atom. The molecule has 2 rings (SSSR count). The van der Waals surface area contributed by atoms with Crippen LogP contribution in [-0.4, -0.2) is 35.5 Å². The normalized spacial score (nSPS) is 45.8. The summed E-state index contributed by atoms with van der Waals surface area (Å²) in [5.74, 6) is 0.978. The molecule has 0 aromatic rings. The lowest BCUT2D eigenvalue weighted by atomic mass is 9.90. The zero-order valence-corrected chi connectivity index (χ0v) is 6.53. The standard InChI is InChI=1S/C8H15NO2/c10-7-4-9-3-6(8(7)11)5-1-2-5/h5-11H,1-4H2/t6-,7-,8-/m1/s1. The van der Waals surface area contributed by atoms with Crippen LogP contribution in [0.15, 0.2) is 0 Å². The largest absolute Gasteiger partial charge is 0.390 e. The Kier molecular flexibility index (Phi) is 1.87. The molecule has 0 amide bonds. The van der Waals surface area contributed by atoms with Gasteiger partial charge in [0.15, 0.2) is 0 Å². The minimum atomic E-state index is -0.547. The van der Waals surface area contributed by atoms with Crippen molar-refractivity contribution in [1.29, 1.82) is 0 Å². The first kappa shape index (κ1) is 7.53. The molecule has 1 saturated heterocycles. The number of β-amino-alcohol motifs (C(OH)–C–C–N with tert-alkyl or cyclic N) is 1. The average molecular weight is 157 g/mol. The van der Waals surface area contributed by atoms with Gasteiger partial charge in [0.25, 0.3) is 0 Å². The second-order valence-corrected chi connectivity index (χ2v) is 3.72. The molecule has 0 bridgehead atoms. The summed E-state index contributed by atoms with van der Waals surface area (Å²) in [6, 6.07) is 0. The van der Waals surface area contributed by atoms with E-state index >= 15 is 0 Å². The van der Waals surface area contributed by atoms with Crippen LogP contribution in [-0.2, 0) is 0 Å². The summed E-state index contributed by atoms with van der Waals surface area (Å²) in [7, 11) is 0. The number of rotatable bonds is 1. The van der Waals surface area contributed by atoms with Gasteiger partial charge >= 0.3 is 0 Å². The van der Waals surface area contributed by atoms with E-state index in [1.54, 1.807) is 0 Å². The Morgan fingerprint density at radius 3 is 2.45 bits per heavy atom. The maximum atomic E-state index is 9.56. The molecule has 3 atom stereocenters. The van der Waals surface area contributed by atoms with Crippen molar-refractivity contribution < 1.29 is 10.2 Å². The number of nitrogens with one attached hydrogen (secondary N) is 1. The summed E-state index contributed by atoms with van der Waals surface area (Å²) in [5, 5.41) is 22.0. The highest BCUT2D eigenvalue weighted by molar-refractivity contribution is 4.93. The molecule has 0 unspecified atom stereocenters. The summed E-state index contributed by atoms with van der Waals surface area (Å²) in [5.41, 5.74) is 0. The van der Waals surface area contributed by atoms with Crippen LogP contribution in [0.2, 0.25) is 0 Å². The fraction of sp³-hybridized carbons (Fsp3) is 1.00.